The van der Waals surface area contributed by atoms with Crippen molar-refractivity contribution in [3.8, 4) is 22.5 Å². The maximum Gasteiger partial charge on any atom is 0.403 e. The number of amides is 2. The predicted octanol–water partition coefficient (Wildman–Crippen LogP) is 11.1. The molecule has 0 radical (unpaired) electrons. The molecule has 2 amide bonds. The van der Waals surface area contributed by atoms with E-state index in [1.165, 1.54) is 5.52 Å². The van der Waals surface area contributed by atoms with Crippen LogP contribution in [0.4, 0.5) is 33.3 Å². The fourth-order valence-corrected chi connectivity index (χ4v) is 7.13. The molecule has 8 nitrogen and oxygen atoms in total. The van der Waals surface area contributed by atoms with E-state index in [0.29, 0.717) is 10.7 Å². The number of fused-ring (bicyclic) bond motifs is 2. The Morgan fingerprint density at radius 3 is 1.84 bits per heavy atom. The highest BCUT2D eigenvalue weighted by Crippen LogP contribution is 2.57. The van der Waals surface area contributed by atoms with Crippen molar-refractivity contribution in [3.63, 3.8) is 0 Å². The number of aromatic nitrogens is 3. The molecule has 0 unspecified atom stereocenters. The van der Waals surface area contributed by atoms with Gasteiger partial charge in [0.25, 0.3) is 12.3 Å². The molecule has 15 heteroatoms. The fourth-order valence-electron chi connectivity index (χ4n) is 6.88. The molecule has 1 aliphatic rings. The van der Waals surface area contributed by atoms with E-state index in [1.807, 2.05) is 72.3 Å². The number of nitrogens with two attached hydrogens (primary N) is 1. The van der Waals surface area contributed by atoms with Gasteiger partial charge in [-0.2, -0.15) is 13.2 Å². The van der Waals surface area contributed by atoms with Crippen molar-refractivity contribution in [2.75, 3.05) is 11.1 Å². The quantitative estimate of drug-likeness (QED) is 0.105. The van der Waals surface area contributed by atoms with E-state index >= 15 is 0 Å². The van der Waals surface area contributed by atoms with Crippen molar-refractivity contribution in [2.24, 2.45) is 19.5 Å². The molecule has 3 heterocycles. The molecule has 3 aromatic heterocycles. The molecule has 0 spiro atoms. The maximum atomic E-state index is 13.7. The summed E-state index contributed by atoms with van der Waals surface area (Å²) in [4.78, 5) is 28.9. The van der Waals surface area contributed by atoms with Crippen molar-refractivity contribution in [1.29, 1.82) is 0 Å². The van der Waals surface area contributed by atoms with Crippen molar-refractivity contribution >= 4 is 68.2 Å². The summed E-state index contributed by atoms with van der Waals surface area (Å²) in [5.74, 6) is -2.07. The van der Waals surface area contributed by atoms with Crippen LogP contribution in [0.5, 0.6) is 0 Å². The molecule has 0 atom stereocenters. The number of nitrogens with one attached hydrogen (secondary N) is 2. The van der Waals surface area contributed by atoms with Gasteiger partial charge in [0.15, 0.2) is 0 Å². The molecule has 1 aliphatic carbocycles. The Bertz CT molecular complexity index is 2670. The number of alkyl halides is 5. The zero-order valence-corrected chi connectivity index (χ0v) is 32.5. The van der Waals surface area contributed by atoms with Gasteiger partial charge in [-0.15, -0.1) is 0 Å². The first-order chi connectivity index (χ1) is 27.5. The van der Waals surface area contributed by atoms with Gasteiger partial charge < -0.3 is 25.5 Å². The molecule has 58 heavy (non-hydrogen) atoms. The van der Waals surface area contributed by atoms with E-state index in [-0.39, 0.29) is 18.4 Å². The first-order valence-electron chi connectivity index (χ1n) is 17.9. The van der Waals surface area contributed by atoms with Crippen LogP contribution in [0.3, 0.4) is 0 Å². The number of nitrogens with zero attached hydrogens (tertiary/aromatic N) is 3. The fraction of sp³-hybridized carbons (Fsp3) is 0.186. The Kier molecular flexibility index (Phi) is 11.0. The Morgan fingerprint density at radius 1 is 0.793 bits per heavy atom. The number of carbonyl (C=O) groups excluding carboxylic acids is 2. The average Bonchev–Trinajstić information content (AvgIpc) is 3.88. The van der Waals surface area contributed by atoms with Gasteiger partial charge in [-0.05, 0) is 108 Å². The highest BCUT2D eigenvalue weighted by molar-refractivity contribution is 6.31. The van der Waals surface area contributed by atoms with E-state index in [0.717, 1.165) is 61.8 Å². The van der Waals surface area contributed by atoms with Gasteiger partial charge in [0.05, 0.1) is 5.56 Å². The maximum absolute atomic E-state index is 13.7. The molecule has 4 aromatic carbocycles. The third-order valence-corrected chi connectivity index (χ3v) is 10.8. The number of anilines is 2. The Hall–Kier alpha value is -5.92. The van der Waals surface area contributed by atoms with E-state index in [9.17, 15) is 31.5 Å². The lowest BCUT2D eigenvalue weighted by atomic mass is 10.1. The molecule has 1 saturated carbocycles. The molecular formula is C43H35Cl2F5N6O2. The van der Waals surface area contributed by atoms with Crippen LogP contribution in [-0.2, 0) is 25.4 Å². The molecule has 0 aliphatic heterocycles. The highest BCUT2D eigenvalue weighted by atomic mass is 35.5. The Labute approximate surface area is 339 Å². The minimum atomic E-state index is -4.69. The molecule has 0 saturated heterocycles. The predicted molar refractivity (Wildman–Crippen MR) is 218 cm³/mol. The van der Waals surface area contributed by atoms with Gasteiger partial charge in [-0.3, -0.25) is 14.6 Å². The van der Waals surface area contributed by atoms with Gasteiger partial charge >= 0.3 is 6.18 Å². The Balaban J connectivity index is 0.000000236. The second-order valence-electron chi connectivity index (χ2n) is 14.1. The number of aryl methyl sites for hydroxylation is 2. The summed E-state index contributed by atoms with van der Waals surface area (Å²) in [6.45, 7) is -0.406. The summed E-state index contributed by atoms with van der Waals surface area (Å²) >= 11 is 11.9. The van der Waals surface area contributed by atoms with Crippen molar-refractivity contribution in [2.45, 2.75) is 32.0 Å². The lowest BCUT2D eigenvalue weighted by molar-refractivity contribution is -0.192. The zero-order chi connectivity index (χ0) is 41.5. The smallest absolute Gasteiger partial charge is 0.399 e. The number of carbonyl (C=O) groups is 2. The first-order valence-corrected chi connectivity index (χ1v) is 18.7. The summed E-state index contributed by atoms with van der Waals surface area (Å²) in [5, 5.41) is 8.08. The van der Waals surface area contributed by atoms with Gasteiger partial charge in [0.2, 0.25) is 5.91 Å². The van der Waals surface area contributed by atoms with Crippen LogP contribution in [-0.4, -0.2) is 32.1 Å². The number of pyridine rings is 1. The zero-order valence-electron chi connectivity index (χ0n) is 31.0. The van der Waals surface area contributed by atoms with E-state index < -0.39 is 47.6 Å². The number of rotatable bonds is 8. The first kappa shape index (κ1) is 40.3. The molecule has 4 N–H and O–H groups in total. The number of benzene rings is 4. The lowest BCUT2D eigenvalue weighted by Crippen LogP contribution is -2.41. The van der Waals surface area contributed by atoms with Crippen LogP contribution in [0.2, 0.25) is 10.0 Å². The standard InChI is InChI=1S/C28H22ClF5N4O2.C15H13ClN2/c1-38-21-7-6-19(11-17(21)12-22(38)16-2-4-18(29)5-3-16)37-25(39)20-10-15(13-35-23(20)24(30)31)14-36-26(40)27(8-9-27)28(32,33)34;1-18-14-7-6-13(17)8-11(14)9-15(18)10-2-4-12(16)5-3-10/h2-7,10-13,24H,8-9,14H2,1H3,(H,36,40)(H,37,39);2-9H,17H2,1H3. The van der Waals surface area contributed by atoms with Crippen molar-refractivity contribution in [3.05, 3.63) is 136 Å². The SMILES string of the molecule is Cn1c(-c2ccc(Cl)cc2)cc2cc(N)ccc21.Cn1c(-c2ccc(Cl)cc2)cc2cc(NC(=O)c3cc(CNC(=O)C4(C(F)(F)F)CC4)cnc3C(F)F)ccc21. The van der Waals surface area contributed by atoms with Crippen LogP contribution in [0, 0.1) is 5.41 Å². The summed E-state index contributed by atoms with van der Waals surface area (Å²) in [7, 11) is 3.94. The average molecular weight is 834 g/mol. The van der Waals surface area contributed by atoms with Crippen LogP contribution in [0.15, 0.2) is 109 Å². The van der Waals surface area contributed by atoms with Gasteiger partial charge in [-0.1, -0.05) is 47.5 Å². The molecule has 8 rings (SSSR count). The molecular weight excluding hydrogens is 798 g/mol. The van der Waals surface area contributed by atoms with Crippen LogP contribution in [0.25, 0.3) is 44.3 Å². The topological polar surface area (TPSA) is 107 Å². The van der Waals surface area contributed by atoms with E-state index in [1.54, 1.807) is 30.3 Å². The number of halogens is 7. The normalized spacial score (nSPS) is 13.3. The second kappa shape index (κ2) is 15.8. The highest BCUT2D eigenvalue weighted by Gasteiger charge is 2.68. The minimum Gasteiger partial charge on any atom is -0.399 e. The van der Waals surface area contributed by atoms with Crippen molar-refractivity contribution in [1.82, 2.24) is 19.4 Å². The number of hydrogen-bond acceptors (Lipinski definition) is 4. The van der Waals surface area contributed by atoms with E-state index in [2.05, 4.69) is 33.3 Å². The minimum absolute atomic E-state index is 0.104. The summed E-state index contributed by atoms with van der Waals surface area (Å²) in [6, 6.07) is 31.4. The summed E-state index contributed by atoms with van der Waals surface area (Å²) < 4.78 is 71.0. The van der Waals surface area contributed by atoms with Crippen LogP contribution in [0.1, 0.15) is 40.9 Å². The number of nitrogen functional groups attached to an aromatic ring is 1. The summed E-state index contributed by atoms with van der Waals surface area (Å²) in [6.07, 6.45) is -7.39. The monoisotopic (exact) mass is 832 g/mol. The molecule has 7 aromatic rings. The summed E-state index contributed by atoms with van der Waals surface area (Å²) in [5.41, 5.74) is 9.55. The lowest BCUT2D eigenvalue weighted by Gasteiger charge is -2.18. The van der Waals surface area contributed by atoms with Crippen LogP contribution < -0.4 is 16.4 Å². The van der Waals surface area contributed by atoms with Gasteiger partial charge in [0, 0.05) is 81.5 Å². The van der Waals surface area contributed by atoms with E-state index in [4.69, 9.17) is 28.9 Å². The van der Waals surface area contributed by atoms with Crippen molar-refractivity contribution < 1.29 is 31.5 Å². The Morgan fingerprint density at radius 2 is 1.33 bits per heavy atom. The van der Waals surface area contributed by atoms with Gasteiger partial charge in [-0.25, -0.2) is 8.78 Å². The largest absolute Gasteiger partial charge is 0.403 e. The third kappa shape index (κ3) is 8.09. The molecule has 298 valence electrons. The second-order valence-corrected chi connectivity index (χ2v) is 14.9. The third-order valence-electron chi connectivity index (χ3n) is 10.3. The van der Waals surface area contributed by atoms with Gasteiger partial charge in [0.1, 0.15) is 11.1 Å². The molecule has 0 bridgehead atoms. The number of hydrogen-bond donors (Lipinski definition) is 3. The molecule has 1 fully saturated rings. The van der Waals surface area contributed by atoms with Crippen LogP contribution >= 0.6 is 23.2 Å².